The lowest BCUT2D eigenvalue weighted by molar-refractivity contribution is -0.121. The van der Waals surface area contributed by atoms with Crippen molar-refractivity contribution in [3.05, 3.63) is 47.4 Å². The summed E-state index contributed by atoms with van der Waals surface area (Å²) in [4.78, 5) is 34.3. The van der Waals surface area contributed by atoms with Crippen LogP contribution < -0.4 is 4.74 Å². The first-order valence-electron chi connectivity index (χ1n) is 12.1. The highest BCUT2D eigenvalue weighted by atomic mass is 32.2. The zero-order valence-electron chi connectivity index (χ0n) is 19.4. The Labute approximate surface area is 200 Å². The molecule has 3 saturated carbocycles. The molecule has 3 aliphatic carbocycles. The maximum Gasteiger partial charge on any atom is 0.231 e. The van der Waals surface area contributed by atoms with E-state index in [1.807, 2.05) is 12.1 Å². The molecule has 1 aromatic carbocycles. The maximum atomic E-state index is 13.5. The van der Waals surface area contributed by atoms with Gasteiger partial charge < -0.3 is 4.74 Å². The molecule has 3 aliphatic rings. The number of hydrogen-bond acceptors (Lipinski definition) is 7. The number of aromatic nitrogens is 2. The van der Waals surface area contributed by atoms with Gasteiger partial charge in [0.25, 0.3) is 0 Å². The molecule has 0 bridgehead atoms. The van der Waals surface area contributed by atoms with Gasteiger partial charge in [0.15, 0.2) is 9.84 Å². The molecule has 7 nitrogen and oxygen atoms in total. The first kappa shape index (κ1) is 23.1. The van der Waals surface area contributed by atoms with Crippen LogP contribution in [0.5, 0.6) is 5.88 Å². The Kier molecular flexibility index (Phi) is 6.27. The molecule has 0 amide bonds. The van der Waals surface area contributed by atoms with E-state index in [9.17, 15) is 18.0 Å². The second-order valence-corrected chi connectivity index (χ2v) is 12.1. The molecule has 0 radical (unpaired) electrons. The molecular weight excluding hydrogens is 452 g/mol. The Hall–Kier alpha value is -2.61. The minimum Gasteiger partial charge on any atom is -0.480 e. The minimum atomic E-state index is -3.31. The second-order valence-electron chi connectivity index (χ2n) is 9.94. The Balaban J connectivity index is 1.45. The number of sulfone groups is 1. The van der Waals surface area contributed by atoms with Gasteiger partial charge in [-0.15, -0.1) is 0 Å². The lowest BCUT2D eigenvalue weighted by atomic mass is 9.83. The molecular formula is C26H30N2O5S. The molecule has 180 valence electrons. The highest BCUT2D eigenvalue weighted by molar-refractivity contribution is 7.92. The van der Waals surface area contributed by atoms with Crippen molar-refractivity contribution in [3.8, 4) is 5.88 Å². The number of ether oxygens (including phenoxy) is 1. The number of methoxy groups -OCH3 is 1. The van der Waals surface area contributed by atoms with Crippen LogP contribution in [0.15, 0.2) is 35.5 Å². The fourth-order valence-electron chi connectivity index (χ4n) is 5.03. The third-order valence-corrected chi connectivity index (χ3v) is 9.61. The zero-order chi connectivity index (χ0) is 23.9. The van der Waals surface area contributed by atoms with E-state index < -0.39 is 15.8 Å². The standard InChI is InChI=1S/C26H30N2O5S/c1-33-26-15-27-19(14-28-26)13-24(30)22(11-16-2-6-20(29)10-16)18-5-9-25(23(12-18)17-3-4-17)34(31,32)21-7-8-21/h5,9,12,14-17,21-22H,2-4,6-8,10-11,13H2,1H3/t16-,22+/m0/s1. The molecule has 0 unspecified atom stereocenters. The van der Waals surface area contributed by atoms with Gasteiger partial charge in [-0.25, -0.2) is 13.4 Å². The predicted molar refractivity (Wildman–Crippen MR) is 126 cm³/mol. The zero-order valence-corrected chi connectivity index (χ0v) is 20.2. The summed E-state index contributed by atoms with van der Waals surface area (Å²) in [6.45, 7) is 0. The Bertz CT molecular complexity index is 1200. The molecule has 0 saturated heterocycles. The lowest BCUT2D eigenvalue weighted by Crippen LogP contribution is -2.20. The largest absolute Gasteiger partial charge is 0.480 e. The van der Waals surface area contributed by atoms with E-state index >= 15 is 0 Å². The molecule has 5 rings (SSSR count). The van der Waals surface area contributed by atoms with Crippen molar-refractivity contribution < 1.29 is 22.7 Å². The van der Waals surface area contributed by atoms with E-state index in [4.69, 9.17) is 4.74 Å². The van der Waals surface area contributed by atoms with Crippen LogP contribution >= 0.6 is 0 Å². The molecule has 34 heavy (non-hydrogen) atoms. The summed E-state index contributed by atoms with van der Waals surface area (Å²) < 4.78 is 31.1. The van der Waals surface area contributed by atoms with Crippen LogP contribution in [0.1, 0.15) is 80.0 Å². The summed E-state index contributed by atoms with van der Waals surface area (Å²) in [6.07, 6.45) is 9.06. The first-order valence-corrected chi connectivity index (χ1v) is 13.7. The molecule has 2 aromatic rings. The Morgan fingerprint density at radius 3 is 2.50 bits per heavy atom. The number of carbonyl (C=O) groups is 2. The molecule has 1 heterocycles. The first-order chi connectivity index (χ1) is 16.3. The topological polar surface area (TPSA) is 103 Å². The number of rotatable bonds is 10. The summed E-state index contributed by atoms with van der Waals surface area (Å²) in [6, 6.07) is 5.51. The molecule has 2 atom stereocenters. The van der Waals surface area contributed by atoms with Crippen LogP contribution in [0.4, 0.5) is 0 Å². The van der Waals surface area contributed by atoms with Crippen LogP contribution in [0.2, 0.25) is 0 Å². The molecule has 0 spiro atoms. The van der Waals surface area contributed by atoms with Gasteiger partial charge in [0.2, 0.25) is 5.88 Å². The average Bonchev–Trinajstić information content (AvgIpc) is 3.75. The monoisotopic (exact) mass is 482 g/mol. The third kappa shape index (κ3) is 4.92. The van der Waals surface area contributed by atoms with E-state index in [1.165, 1.54) is 13.3 Å². The summed E-state index contributed by atoms with van der Waals surface area (Å²) in [5.74, 6) is 0.663. The van der Waals surface area contributed by atoms with Crippen molar-refractivity contribution in [2.75, 3.05) is 7.11 Å². The SMILES string of the molecule is COc1cnc(CC(=O)[C@H](C[C@H]2CCC(=O)C2)c2ccc(S(=O)(=O)C3CC3)c(C3CC3)c2)cn1. The van der Waals surface area contributed by atoms with Crippen molar-refractivity contribution in [3.63, 3.8) is 0 Å². The predicted octanol–water partition coefficient (Wildman–Crippen LogP) is 3.95. The highest BCUT2D eigenvalue weighted by Gasteiger charge is 2.41. The van der Waals surface area contributed by atoms with Crippen molar-refractivity contribution in [2.24, 2.45) is 5.92 Å². The second kappa shape index (κ2) is 9.21. The normalized spacial score (nSPS) is 21.4. The van der Waals surface area contributed by atoms with Crippen molar-refractivity contribution in [2.45, 2.75) is 79.8 Å². The van der Waals surface area contributed by atoms with Gasteiger partial charge in [-0.05, 0) is 67.6 Å². The number of benzene rings is 1. The Morgan fingerprint density at radius 1 is 1.12 bits per heavy atom. The third-order valence-electron chi connectivity index (χ3n) is 7.27. The summed E-state index contributed by atoms with van der Waals surface area (Å²) in [7, 11) is -1.80. The summed E-state index contributed by atoms with van der Waals surface area (Å²) >= 11 is 0. The lowest BCUT2D eigenvalue weighted by Gasteiger charge is -2.21. The van der Waals surface area contributed by atoms with Gasteiger partial charge in [0.1, 0.15) is 11.6 Å². The van der Waals surface area contributed by atoms with Gasteiger partial charge in [0.05, 0.1) is 41.8 Å². The van der Waals surface area contributed by atoms with Crippen LogP contribution in [-0.4, -0.2) is 42.3 Å². The number of hydrogen-bond donors (Lipinski definition) is 0. The molecule has 1 aromatic heterocycles. The van der Waals surface area contributed by atoms with E-state index in [1.54, 1.807) is 12.3 Å². The fraction of sp³-hybridized carbons (Fsp3) is 0.538. The quantitative estimate of drug-likeness (QED) is 0.505. The van der Waals surface area contributed by atoms with Gasteiger partial charge in [-0.2, -0.15) is 0 Å². The number of nitrogens with zero attached hydrogens (tertiary/aromatic N) is 2. The molecule has 0 aliphatic heterocycles. The van der Waals surface area contributed by atoms with E-state index in [-0.39, 0.29) is 35.1 Å². The van der Waals surface area contributed by atoms with E-state index in [0.29, 0.717) is 35.7 Å². The Morgan fingerprint density at radius 2 is 1.91 bits per heavy atom. The van der Waals surface area contributed by atoms with Gasteiger partial charge in [0, 0.05) is 18.8 Å². The van der Waals surface area contributed by atoms with Gasteiger partial charge >= 0.3 is 0 Å². The summed E-state index contributed by atoms with van der Waals surface area (Å²) in [5.41, 5.74) is 2.28. The fourth-order valence-corrected chi connectivity index (χ4v) is 6.96. The minimum absolute atomic E-state index is 0.0124. The molecule has 0 N–H and O–H groups in total. The van der Waals surface area contributed by atoms with Crippen molar-refractivity contribution in [1.29, 1.82) is 0 Å². The smallest absolute Gasteiger partial charge is 0.231 e. The molecule has 8 heteroatoms. The van der Waals surface area contributed by atoms with Crippen LogP contribution in [0, 0.1) is 5.92 Å². The number of carbonyl (C=O) groups excluding carboxylic acids is 2. The van der Waals surface area contributed by atoms with E-state index in [0.717, 1.165) is 43.2 Å². The maximum absolute atomic E-state index is 13.5. The van der Waals surface area contributed by atoms with Crippen LogP contribution in [-0.2, 0) is 25.8 Å². The van der Waals surface area contributed by atoms with Crippen LogP contribution in [0.25, 0.3) is 0 Å². The van der Waals surface area contributed by atoms with Gasteiger partial charge in [-0.3, -0.25) is 14.6 Å². The van der Waals surface area contributed by atoms with Crippen LogP contribution in [0.3, 0.4) is 0 Å². The van der Waals surface area contributed by atoms with Gasteiger partial charge in [-0.1, -0.05) is 12.1 Å². The summed E-state index contributed by atoms with van der Waals surface area (Å²) in [5, 5.41) is -0.258. The van der Waals surface area contributed by atoms with Crippen molar-refractivity contribution in [1.82, 2.24) is 9.97 Å². The molecule has 3 fully saturated rings. The highest BCUT2D eigenvalue weighted by Crippen LogP contribution is 2.47. The number of ketones is 2. The van der Waals surface area contributed by atoms with E-state index in [2.05, 4.69) is 9.97 Å². The number of Topliss-reactive ketones (excluding diaryl/α,β-unsaturated/α-hetero) is 2. The average molecular weight is 483 g/mol. The van der Waals surface area contributed by atoms with Crippen molar-refractivity contribution >= 4 is 21.4 Å².